The van der Waals surface area contributed by atoms with Crippen LogP contribution in [0.1, 0.15) is 35.0 Å². The second kappa shape index (κ2) is 9.27. The van der Waals surface area contributed by atoms with Crippen LogP contribution in [0.5, 0.6) is 0 Å². The summed E-state index contributed by atoms with van der Waals surface area (Å²) in [5.41, 5.74) is 2.68. The van der Waals surface area contributed by atoms with Crippen molar-refractivity contribution in [1.82, 2.24) is 24.8 Å². The van der Waals surface area contributed by atoms with E-state index in [9.17, 15) is 14.4 Å². The Morgan fingerprint density at radius 1 is 1.22 bits per heavy atom. The highest BCUT2D eigenvalue weighted by Crippen LogP contribution is 2.24. The maximum absolute atomic E-state index is 12.6. The van der Waals surface area contributed by atoms with E-state index in [4.69, 9.17) is 0 Å². The second-order valence-corrected chi connectivity index (χ2v) is 8.38. The zero-order valence-corrected chi connectivity index (χ0v) is 18.7. The number of hydrogen-bond acceptors (Lipinski definition) is 6. The predicted molar refractivity (Wildman–Crippen MR) is 125 cm³/mol. The van der Waals surface area contributed by atoms with E-state index in [1.54, 1.807) is 11.3 Å². The number of benzene rings is 1. The Bertz CT molecular complexity index is 1390. The van der Waals surface area contributed by atoms with Gasteiger partial charge in [0.1, 0.15) is 10.7 Å². The van der Waals surface area contributed by atoms with Crippen LogP contribution in [0.2, 0.25) is 0 Å². The Hall–Kier alpha value is -3.59. The highest BCUT2D eigenvalue weighted by atomic mass is 32.1. The topological polar surface area (TPSA) is 110 Å². The molecule has 8 nitrogen and oxygen atoms in total. The van der Waals surface area contributed by atoms with Crippen molar-refractivity contribution in [3.8, 4) is 10.6 Å². The van der Waals surface area contributed by atoms with Crippen LogP contribution in [0.3, 0.4) is 0 Å². The lowest BCUT2D eigenvalue weighted by molar-refractivity contribution is 0.0954. The van der Waals surface area contributed by atoms with Gasteiger partial charge in [0.15, 0.2) is 0 Å². The number of pyridine rings is 1. The van der Waals surface area contributed by atoms with Crippen molar-refractivity contribution in [2.45, 2.75) is 33.2 Å². The number of aromatic amines is 1. The Balaban J connectivity index is 1.44. The van der Waals surface area contributed by atoms with E-state index in [-0.39, 0.29) is 22.5 Å². The van der Waals surface area contributed by atoms with Crippen LogP contribution < -0.4 is 16.6 Å². The molecule has 0 radical (unpaired) electrons. The monoisotopic (exact) mass is 449 g/mol. The maximum Gasteiger partial charge on any atom is 0.329 e. The maximum atomic E-state index is 12.6. The summed E-state index contributed by atoms with van der Waals surface area (Å²) in [7, 11) is 0. The molecule has 9 heteroatoms. The molecule has 4 aromatic rings. The molecule has 0 saturated heterocycles. The van der Waals surface area contributed by atoms with Crippen molar-refractivity contribution >= 4 is 28.3 Å². The first-order chi connectivity index (χ1) is 15.5. The molecular weight excluding hydrogens is 426 g/mol. The standard InChI is InChI=1S/C23H23N5O3S/c1-3-10-28-19-18(21(30)27-23(28)31)11-16(12-25-19)20(29)24-9-8-17-13-32-22(26-17)15-6-4-14(2)5-7-15/h4-7,11-13H,3,8-10H2,1-2H3,(H,24,29)(H,27,30,31). The van der Waals surface area contributed by atoms with Gasteiger partial charge in [-0.15, -0.1) is 11.3 Å². The van der Waals surface area contributed by atoms with Gasteiger partial charge in [0.25, 0.3) is 11.5 Å². The Labute approximate surface area is 188 Å². The molecule has 0 unspecified atom stereocenters. The average molecular weight is 450 g/mol. The van der Waals surface area contributed by atoms with Gasteiger partial charge in [-0.1, -0.05) is 36.8 Å². The molecule has 0 aliphatic carbocycles. The van der Waals surface area contributed by atoms with Gasteiger partial charge in [-0.25, -0.2) is 14.8 Å². The van der Waals surface area contributed by atoms with E-state index in [0.29, 0.717) is 25.9 Å². The van der Waals surface area contributed by atoms with Crippen LogP contribution in [0.15, 0.2) is 51.5 Å². The molecule has 0 saturated carbocycles. The molecule has 0 fully saturated rings. The first-order valence-corrected chi connectivity index (χ1v) is 11.3. The van der Waals surface area contributed by atoms with Gasteiger partial charge in [-0.05, 0) is 19.4 Å². The number of nitrogens with zero attached hydrogens (tertiary/aromatic N) is 3. The van der Waals surface area contributed by atoms with Crippen molar-refractivity contribution in [1.29, 1.82) is 0 Å². The third-order valence-corrected chi connectivity index (χ3v) is 6.00. The number of hydrogen-bond donors (Lipinski definition) is 2. The van der Waals surface area contributed by atoms with Gasteiger partial charge < -0.3 is 5.32 Å². The second-order valence-electron chi connectivity index (χ2n) is 7.52. The molecule has 0 spiro atoms. The van der Waals surface area contributed by atoms with Gasteiger partial charge in [-0.2, -0.15) is 0 Å². The highest BCUT2D eigenvalue weighted by Gasteiger charge is 2.13. The minimum absolute atomic E-state index is 0.216. The molecule has 4 rings (SSSR count). The molecule has 32 heavy (non-hydrogen) atoms. The summed E-state index contributed by atoms with van der Waals surface area (Å²) >= 11 is 1.57. The molecule has 0 atom stereocenters. The molecule has 2 N–H and O–H groups in total. The van der Waals surface area contributed by atoms with Gasteiger partial charge >= 0.3 is 5.69 Å². The van der Waals surface area contributed by atoms with E-state index in [2.05, 4.69) is 32.4 Å². The number of aryl methyl sites for hydroxylation is 2. The normalized spacial score (nSPS) is 11.1. The molecule has 1 aromatic carbocycles. The third-order valence-electron chi connectivity index (χ3n) is 5.06. The largest absolute Gasteiger partial charge is 0.352 e. The van der Waals surface area contributed by atoms with E-state index in [1.165, 1.54) is 22.4 Å². The number of rotatable bonds is 7. The fraction of sp³-hybridized carbons (Fsp3) is 0.261. The smallest absolute Gasteiger partial charge is 0.329 e. The lowest BCUT2D eigenvalue weighted by Crippen LogP contribution is -2.31. The molecule has 0 aliphatic rings. The summed E-state index contributed by atoms with van der Waals surface area (Å²) in [4.78, 5) is 48.0. The number of thiazole rings is 1. The number of amides is 1. The number of aromatic nitrogens is 4. The average Bonchev–Trinajstić information content (AvgIpc) is 3.25. The number of carbonyl (C=O) groups is 1. The van der Waals surface area contributed by atoms with Gasteiger partial charge in [0.2, 0.25) is 0 Å². The predicted octanol–water partition coefficient (Wildman–Crippen LogP) is 2.90. The molecular formula is C23H23N5O3S. The number of nitrogens with one attached hydrogen (secondary N) is 2. The molecule has 3 heterocycles. The lowest BCUT2D eigenvalue weighted by Gasteiger charge is -2.09. The minimum atomic E-state index is -0.550. The van der Waals surface area contributed by atoms with Crippen LogP contribution in [0, 0.1) is 6.92 Å². The molecule has 0 bridgehead atoms. The molecule has 0 aliphatic heterocycles. The van der Waals surface area contributed by atoms with Crippen molar-refractivity contribution in [2.24, 2.45) is 0 Å². The van der Waals surface area contributed by atoms with Crippen LogP contribution in [-0.4, -0.2) is 32.0 Å². The van der Waals surface area contributed by atoms with Crippen LogP contribution in [0.4, 0.5) is 0 Å². The molecule has 3 aromatic heterocycles. The van der Waals surface area contributed by atoms with E-state index < -0.39 is 11.2 Å². The molecule has 164 valence electrons. The summed E-state index contributed by atoms with van der Waals surface area (Å²) in [5.74, 6) is -0.332. The summed E-state index contributed by atoms with van der Waals surface area (Å²) < 4.78 is 1.41. The van der Waals surface area contributed by atoms with Gasteiger partial charge in [0, 0.05) is 36.7 Å². The quantitative estimate of drug-likeness (QED) is 0.451. The lowest BCUT2D eigenvalue weighted by atomic mass is 10.2. The van der Waals surface area contributed by atoms with Crippen LogP contribution >= 0.6 is 11.3 Å². The van der Waals surface area contributed by atoms with Crippen molar-refractivity contribution in [3.05, 3.63) is 79.6 Å². The summed E-state index contributed by atoms with van der Waals surface area (Å²) in [5, 5.41) is 6.00. The Kier molecular flexibility index (Phi) is 6.27. The molecule has 1 amide bonds. The number of H-pyrrole nitrogens is 1. The van der Waals surface area contributed by atoms with E-state index in [1.807, 2.05) is 31.4 Å². The van der Waals surface area contributed by atoms with Crippen molar-refractivity contribution in [2.75, 3.05) is 6.54 Å². The van der Waals surface area contributed by atoms with Crippen molar-refractivity contribution < 1.29 is 4.79 Å². The number of fused-ring (bicyclic) bond motifs is 1. The minimum Gasteiger partial charge on any atom is -0.352 e. The van der Waals surface area contributed by atoms with Crippen LogP contribution in [-0.2, 0) is 13.0 Å². The SMILES string of the molecule is CCCn1c(=O)[nH]c(=O)c2cc(C(=O)NCCc3csc(-c4ccc(C)cc4)n3)cnc21. The Morgan fingerprint density at radius 2 is 2.00 bits per heavy atom. The van der Waals surface area contributed by atoms with Crippen molar-refractivity contribution in [3.63, 3.8) is 0 Å². The van der Waals surface area contributed by atoms with Crippen LogP contribution in [0.25, 0.3) is 21.6 Å². The zero-order valence-electron chi connectivity index (χ0n) is 17.8. The highest BCUT2D eigenvalue weighted by molar-refractivity contribution is 7.13. The zero-order chi connectivity index (χ0) is 22.7. The fourth-order valence-electron chi connectivity index (χ4n) is 3.38. The first-order valence-electron chi connectivity index (χ1n) is 10.4. The third kappa shape index (κ3) is 4.52. The first kappa shape index (κ1) is 21.6. The number of carbonyl (C=O) groups excluding carboxylic acids is 1. The van der Waals surface area contributed by atoms with E-state index >= 15 is 0 Å². The summed E-state index contributed by atoms with van der Waals surface area (Å²) in [6, 6.07) is 9.69. The van der Waals surface area contributed by atoms with Gasteiger partial charge in [-0.3, -0.25) is 19.1 Å². The van der Waals surface area contributed by atoms with Gasteiger partial charge in [0.05, 0.1) is 16.6 Å². The summed E-state index contributed by atoms with van der Waals surface area (Å²) in [6.07, 6.45) is 2.69. The van der Waals surface area contributed by atoms with E-state index in [0.717, 1.165) is 16.3 Å². The Morgan fingerprint density at radius 3 is 2.75 bits per heavy atom. The summed E-state index contributed by atoms with van der Waals surface area (Å²) in [6.45, 7) is 4.81. The fourth-order valence-corrected chi connectivity index (χ4v) is 4.24.